The number of aliphatic hydroxyl groups excluding tert-OH is 2. The Hall–Kier alpha value is -7.46. The van der Waals surface area contributed by atoms with Crippen molar-refractivity contribution < 1.29 is 78.0 Å². The number of carbonyl (C=O) groups is 12. The van der Waals surface area contributed by atoms with Gasteiger partial charge in [0, 0.05) is 13.0 Å². The molecule has 20 N–H and O–H groups in total. The summed E-state index contributed by atoms with van der Waals surface area (Å²) >= 11 is 0. The second-order valence-electron chi connectivity index (χ2n) is 17.1. The van der Waals surface area contributed by atoms with Crippen LogP contribution in [0.4, 0.5) is 0 Å². The fourth-order valence-corrected chi connectivity index (χ4v) is 6.84. The number of aliphatic hydroxyl groups is 2. The van der Waals surface area contributed by atoms with E-state index in [0.717, 1.165) is 44.9 Å². The molecule has 0 saturated heterocycles. The second-order valence-corrected chi connectivity index (χ2v) is 17.1. The summed E-state index contributed by atoms with van der Waals surface area (Å²) in [7, 11) is 0. The van der Waals surface area contributed by atoms with Gasteiger partial charge >= 0.3 is 5.97 Å². The maximum Gasteiger partial charge on any atom is 0.322 e. The number of aliphatic carboxylic acids is 1. The van der Waals surface area contributed by atoms with Gasteiger partial charge in [-0.25, -0.2) is 0 Å². The molecule has 0 bridgehead atoms. The summed E-state index contributed by atoms with van der Waals surface area (Å²) in [5, 5.41) is 56.6. The van der Waals surface area contributed by atoms with Crippen LogP contribution >= 0.6 is 0 Å². The molecule has 73 heavy (non-hydrogen) atoms. The van der Waals surface area contributed by atoms with Crippen molar-refractivity contribution in [1.82, 2.24) is 42.5 Å². The van der Waals surface area contributed by atoms with E-state index in [0.29, 0.717) is 12.0 Å². The van der Waals surface area contributed by atoms with Gasteiger partial charge in [-0.05, 0) is 24.1 Å². The minimum Gasteiger partial charge on any atom is -0.508 e. The van der Waals surface area contributed by atoms with Crippen LogP contribution in [0, 0.1) is 0 Å². The SMILES string of the molecule is CCCCCCCCCCCCNC(=O)[C@H](CC(=O)N[C@H](CO)C(=O)N[C@H](Cc1ccc(O)cc1)C(=O)N[C@H](CC(N)=O)C(=O)NCC(=O)O)NC(=O)[C@H](CC(N)=O)NC(=O)[C@H](CO)NC(=O)[C@@H](N)CC(N)=O. The molecule has 1 aromatic carbocycles. The van der Waals surface area contributed by atoms with Crippen molar-refractivity contribution in [3.63, 3.8) is 0 Å². The topological polar surface area (TPSA) is 486 Å². The quantitative estimate of drug-likeness (QED) is 0.0275. The molecular weight excluding hydrogens is 965 g/mol. The van der Waals surface area contributed by atoms with Crippen LogP contribution in [0.25, 0.3) is 0 Å². The number of nitrogens with two attached hydrogens (primary N) is 4. The van der Waals surface area contributed by atoms with Crippen molar-refractivity contribution in [3.05, 3.63) is 29.8 Å². The Morgan fingerprint density at radius 3 is 1.36 bits per heavy atom. The van der Waals surface area contributed by atoms with Gasteiger partial charge in [0.25, 0.3) is 0 Å². The van der Waals surface area contributed by atoms with Crippen LogP contribution in [0.2, 0.25) is 0 Å². The zero-order chi connectivity index (χ0) is 55.0. The van der Waals surface area contributed by atoms with E-state index < -0.39 is 159 Å². The number of carbonyl (C=O) groups excluding carboxylic acids is 11. The third-order valence-corrected chi connectivity index (χ3v) is 10.8. The van der Waals surface area contributed by atoms with Crippen LogP contribution < -0.4 is 65.5 Å². The number of carboxylic acids is 1. The lowest BCUT2D eigenvalue weighted by molar-refractivity contribution is -0.139. The molecule has 0 radical (unpaired) electrons. The molecule has 1 aromatic rings. The van der Waals surface area contributed by atoms with Gasteiger partial charge in [0.15, 0.2) is 0 Å². The lowest BCUT2D eigenvalue weighted by atomic mass is 10.0. The molecule has 0 aliphatic heterocycles. The summed E-state index contributed by atoms with van der Waals surface area (Å²) in [4.78, 5) is 153. The van der Waals surface area contributed by atoms with Crippen LogP contribution in [0.3, 0.4) is 0 Å². The van der Waals surface area contributed by atoms with Crippen molar-refractivity contribution in [1.29, 1.82) is 0 Å². The predicted molar refractivity (Wildman–Crippen MR) is 257 cm³/mol. The van der Waals surface area contributed by atoms with Gasteiger partial charge in [-0.2, -0.15) is 0 Å². The maximum atomic E-state index is 13.7. The summed E-state index contributed by atoms with van der Waals surface area (Å²) in [5.74, 6) is -14.0. The third-order valence-electron chi connectivity index (χ3n) is 10.8. The predicted octanol–water partition coefficient (Wildman–Crippen LogP) is -5.59. The van der Waals surface area contributed by atoms with Crippen molar-refractivity contribution in [2.75, 3.05) is 26.3 Å². The molecule has 0 aliphatic carbocycles. The van der Waals surface area contributed by atoms with Crippen LogP contribution in [0.1, 0.15) is 102 Å². The molecular formula is C45H72N12O16. The highest BCUT2D eigenvalue weighted by molar-refractivity contribution is 5.99. The van der Waals surface area contributed by atoms with Gasteiger partial charge in [0.2, 0.25) is 65.0 Å². The number of primary amides is 3. The number of aromatic hydroxyl groups is 1. The van der Waals surface area contributed by atoms with Crippen molar-refractivity contribution in [2.45, 2.75) is 146 Å². The van der Waals surface area contributed by atoms with Crippen LogP contribution in [0.15, 0.2) is 24.3 Å². The Morgan fingerprint density at radius 1 is 0.479 bits per heavy atom. The first-order chi connectivity index (χ1) is 34.5. The summed E-state index contributed by atoms with van der Waals surface area (Å²) in [6.45, 7) is -0.880. The van der Waals surface area contributed by atoms with Crippen LogP contribution in [0.5, 0.6) is 5.75 Å². The van der Waals surface area contributed by atoms with Crippen LogP contribution in [-0.2, 0) is 64.0 Å². The first-order valence-electron chi connectivity index (χ1n) is 23.7. The van der Waals surface area contributed by atoms with Gasteiger partial charge < -0.3 is 85.9 Å². The molecule has 0 unspecified atom stereocenters. The summed E-state index contributed by atoms with van der Waals surface area (Å²) in [6, 6.07) is -7.05. The Bertz CT molecular complexity index is 2040. The number of hydrogen-bond acceptors (Lipinski definition) is 16. The monoisotopic (exact) mass is 1040 g/mol. The first-order valence-corrected chi connectivity index (χ1v) is 23.7. The highest BCUT2D eigenvalue weighted by Crippen LogP contribution is 2.13. The minimum atomic E-state index is -1.89. The number of benzene rings is 1. The second kappa shape index (κ2) is 34.8. The van der Waals surface area contributed by atoms with E-state index in [9.17, 15) is 72.9 Å². The van der Waals surface area contributed by atoms with Crippen molar-refractivity contribution >= 4 is 70.9 Å². The molecule has 0 heterocycles. The lowest BCUT2D eigenvalue weighted by Crippen LogP contribution is -2.60. The number of unbranched alkanes of at least 4 members (excludes halogenated alkanes) is 9. The number of rotatable bonds is 38. The smallest absolute Gasteiger partial charge is 0.322 e. The fourth-order valence-electron chi connectivity index (χ4n) is 6.84. The van der Waals surface area contributed by atoms with Gasteiger partial charge in [-0.1, -0.05) is 76.8 Å². The third kappa shape index (κ3) is 27.1. The van der Waals surface area contributed by atoms with E-state index in [1.165, 1.54) is 37.1 Å². The fraction of sp³-hybridized carbons (Fsp3) is 0.600. The number of amides is 11. The molecule has 0 spiro atoms. The Balaban J connectivity index is 3.39. The van der Waals surface area contributed by atoms with Gasteiger partial charge in [0.05, 0.1) is 44.9 Å². The average Bonchev–Trinajstić information content (AvgIpc) is 3.32. The minimum absolute atomic E-state index is 0.0776. The Labute approximate surface area is 421 Å². The molecule has 1 rings (SSSR count). The van der Waals surface area contributed by atoms with Gasteiger partial charge in [-0.3, -0.25) is 57.5 Å². The van der Waals surface area contributed by atoms with Gasteiger partial charge in [0.1, 0.15) is 48.5 Å². The maximum absolute atomic E-state index is 13.7. The standard InChI is InChI=1S/C45H72N12O16/c1-2-3-4-5-6-7-8-9-10-11-16-50-40(68)31(56-43(71)30(20-36(49)63)55-45(73)33(24-59)57-39(67)27(46)18-34(47)61)21-37(64)52-32(23-58)44(72)53-28(17-25-12-14-26(60)15-13-25)42(70)54-29(19-35(48)62)41(69)51-22-38(65)66/h12-15,27-33,58-60H,2-11,16-24,46H2,1H3,(H2,47,61)(H2,48,62)(H2,49,63)(H,50,68)(H,51,69)(H,52,64)(H,53,72)(H,54,70)(H,55,73)(H,56,71)(H,57,67)(H,65,66)/t27-,28+,29+,30-,31-,32+,33-/m0/s1. The Morgan fingerprint density at radius 2 is 0.877 bits per heavy atom. The van der Waals surface area contributed by atoms with E-state index in [4.69, 9.17) is 28.0 Å². The van der Waals surface area contributed by atoms with Crippen LogP contribution in [-0.4, -0.2) is 160 Å². The highest BCUT2D eigenvalue weighted by atomic mass is 16.4. The molecule has 0 fully saturated rings. The zero-order valence-electron chi connectivity index (χ0n) is 40.8. The normalized spacial score (nSPS) is 13.7. The molecule has 408 valence electrons. The lowest BCUT2D eigenvalue weighted by Gasteiger charge is -2.26. The Kier molecular flexibility index (Phi) is 30.3. The largest absolute Gasteiger partial charge is 0.508 e. The highest BCUT2D eigenvalue weighted by Gasteiger charge is 2.34. The molecule has 0 saturated carbocycles. The van der Waals surface area contributed by atoms with E-state index in [1.807, 2.05) is 5.32 Å². The van der Waals surface area contributed by atoms with Crippen molar-refractivity contribution in [3.8, 4) is 5.75 Å². The first kappa shape index (κ1) is 63.6. The molecule has 0 aromatic heterocycles. The van der Waals surface area contributed by atoms with E-state index in [2.05, 4.69) is 44.1 Å². The summed E-state index contributed by atoms with van der Waals surface area (Å²) in [6.07, 6.45) is 6.15. The molecule has 0 aliphatic rings. The van der Waals surface area contributed by atoms with Gasteiger partial charge in [-0.15, -0.1) is 0 Å². The zero-order valence-corrected chi connectivity index (χ0v) is 40.8. The summed E-state index contributed by atoms with van der Waals surface area (Å²) < 4.78 is 0. The number of carboxylic acid groups (broad SMARTS) is 1. The van der Waals surface area contributed by atoms with Crippen molar-refractivity contribution in [2.24, 2.45) is 22.9 Å². The molecule has 7 atom stereocenters. The molecule has 11 amide bonds. The number of phenolic OH excluding ortho intramolecular Hbond substituents is 1. The average molecular weight is 1040 g/mol. The molecule has 28 heteroatoms. The number of phenols is 1. The molecule has 28 nitrogen and oxygen atoms in total. The number of hydrogen-bond donors (Lipinski definition) is 16. The van der Waals surface area contributed by atoms with E-state index in [-0.39, 0.29) is 18.7 Å². The summed E-state index contributed by atoms with van der Waals surface area (Å²) in [5.41, 5.74) is 21.6. The number of nitrogens with one attached hydrogen (secondary N) is 8. The van der Waals surface area contributed by atoms with E-state index >= 15 is 0 Å². The van der Waals surface area contributed by atoms with E-state index in [1.54, 1.807) is 0 Å².